The van der Waals surface area contributed by atoms with E-state index in [1.54, 1.807) is 24.3 Å². The number of hydrogen-bond acceptors (Lipinski definition) is 8. The number of hydrogen-bond donors (Lipinski definition) is 1. The minimum absolute atomic E-state index is 0.243. The van der Waals surface area contributed by atoms with Gasteiger partial charge in [-0.05, 0) is 11.1 Å². The first-order chi connectivity index (χ1) is 24.3. The van der Waals surface area contributed by atoms with Gasteiger partial charge < -0.3 is 33.7 Å². The Labute approximate surface area is 293 Å². The van der Waals surface area contributed by atoms with Crippen LogP contribution in [0.1, 0.15) is 74.3 Å². The van der Waals surface area contributed by atoms with Crippen LogP contribution in [0.5, 0.6) is 0 Å². The molecule has 3 fully saturated rings. The van der Waals surface area contributed by atoms with E-state index in [1.807, 2.05) is 66.7 Å². The van der Waals surface area contributed by atoms with E-state index in [9.17, 15) is 27.6 Å². The van der Waals surface area contributed by atoms with E-state index in [0.29, 0.717) is 28.8 Å². The molecule has 1 spiro atoms. The molecule has 1 N–H and O–H groups in total. The van der Waals surface area contributed by atoms with E-state index in [1.165, 1.54) is 43.3 Å². The van der Waals surface area contributed by atoms with Gasteiger partial charge in [-0.15, -0.1) is 0 Å². The molecule has 3 aliphatic heterocycles. The van der Waals surface area contributed by atoms with Crippen LogP contribution in [0.15, 0.2) is 91.0 Å². The molecule has 13 heteroatoms. The summed E-state index contributed by atoms with van der Waals surface area (Å²) < 4.78 is 51.8. The smallest absolute Gasteiger partial charge is 0.430 e. The molecule has 0 radical (unpaired) electrons. The Morgan fingerprint density at radius 2 is 1.25 bits per heavy atom. The van der Waals surface area contributed by atoms with Gasteiger partial charge in [-0.3, -0.25) is 9.59 Å². The number of ether oxygens (including phenoxy) is 3. The summed E-state index contributed by atoms with van der Waals surface area (Å²) in [6, 6.07) is 28.3. The Morgan fingerprint density at radius 3 is 1.71 bits per heavy atom. The number of alkyl halides is 3. The molecule has 51 heavy (non-hydrogen) atoms. The summed E-state index contributed by atoms with van der Waals surface area (Å²) in [5.41, 5.74) is -0.176. The van der Waals surface area contributed by atoms with E-state index >= 15 is 0 Å². The average molecular weight is 712 g/mol. The summed E-state index contributed by atoms with van der Waals surface area (Å²) in [6.07, 6.45) is -0.942. The molecule has 3 aromatic carbocycles. The number of benzene rings is 3. The second kappa shape index (κ2) is 16.1. The lowest BCUT2D eigenvalue weighted by atomic mass is 9.85. The molecule has 6 rings (SSSR count). The number of carboxylic acids is 2. The van der Waals surface area contributed by atoms with E-state index in [2.05, 4.69) is 0 Å². The standard InChI is InChI=1S/C36H39NO7.C2HF3O2/c38-32(39)20-21-33(40)43-34(26-12-4-1-5-13-26)44-36(27-14-6-2-7-15-27,28-16-8-3-9-17-28)35(41)42-31-24-29-18-19-30(25-31)37(29)22-10-11-23-37;3-2(4,5)1(6)7/h1-9,12-17,29-31,34H,10-11,18-25H2;(H,6,7). The number of piperidine rings is 1. The quantitative estimate of drug-likeness (QED) is 0.162. The summed E-state index contributed by atoms with van der Waals surface area (Å²) in [5.74, 6) is -5.41. The molecule has 3 atom stereocenters. The molecule has 0 aliphatic carbocycles. The summed E-state index contributed by atoms with van der Waals surface area (Å²) >= 11 is 0. The number of carboxylic acid groups (broad SMARTS) is 2. The summed E-state index contributed by atoms with van der Waals surface area (Å²) in [4.78, 5) is 47.6. The van der Waals surface area contributed by atoms with E-state index < -0.39 is 41.9 Å². The Balaban J connectivity index is 0.000000654. The van der Waals surface area contributed by atoms with E-state index in [4.69, 9.17) is 29.2 Å². The van der Waals surface area contributed by atoms with Crippen molar-refractivity contribution in [2.45, 2.75) is 87.6 Å². The van der Waals surface area contributed by atoms with Crippen LogP contribution in [-0.2, 0) is 39.0 Å². The predicted octanol–water partition coefficient (Wildman–Crippen LogP) is 5.20. The zero-order chi connectivity index (χ0) is 36.6. The van der Waals surface area contributed by atoms with E-state index in [-0.39, 0.29) is 18.9 Å². The number of quaternary nitrogens is 1. The van der Waals surface area contributed by atoms with Gasteiger partial charge in [0.05, 0.1) is 38.0 Å². The van der Waals surface area contributed by atoms with Crippen LogP contribution in [0.25, 0.3) is 0 Å². The number of carbonyl (C=O) groups is 4. The maximum atomic E-state index is 14.8. The number of nitrogens with zero attached hydrogens (tertiary/aromatic N) is 1. The molecule has 2 bridgehead atoms. The zero-order valence-corrected chi connectivity index (χ0v) is 27.8. The van der Waals surface area contributed by atoms with Crippen molar-refractivity contribution in [3.63, 3.8) is 0 Å². The summed E-state index contributed by atoms with van der Waals surface area (Å²) in [7, 11) is 0. The molecule has 0 aromatic heterocycles. The Bertz CT molecular complexity index is 1590. The monoisotopic (exact) mass is 711 g/mol. The first-order valence-corrected chi connectivity index (χ1v) is 17.0. The summed E-state index contributed by atoms with van der Waals surface area (Å²) in [5, 5.41) is 17.9. The molecule has 3 aliphatic rings. The maximum absolute atomic E-state index is 14.8. The average Bonchev–Trinajstić information content (AvgIpc) is 3.66. The molecule has 0 amide bonds. The molecule has 3 aromatic rings. The molecule has 3 unspecified atom stereocenters. The number of rotatable bonds is 11. The first-order valence-electron chi connectivity index (χ1n) is 17.0. The van der Waals surface area contributed by atoms with Crippen LogP contribution >= 0.6 is 0 Å². The molecular weight excluding hydrogens is 671 g/mol. The van der Waals surface area contributed by atoms with Gasteiger partial charge in [0.1, 0.15) is 12.1 Å². The van der Waals surface area contributed by atoms with Crippen LogP contribution in [0.2, 0.25) is 0 Å². The van der Waals surface area contributed by atoms with Crippen molar-refractivity contribution in [1.29, 1.82) is 0 Å². The molecule has 3 heterocycles. The fourth-order valence-corrected chi connectivity index (χ4v) is 7.79. The Hall–Kier alpha value is -4.75. The van der Waals surface area contributed by atoms with Gasteiger partial charge in [0, 0.05) is 44.1 Å². The summed E-state index contributed by atoms with van der Waals surface area (Å²) in [6.45, 7) is 2.45. The molecule has 3 saturated heterocycles. The van der Waals surface area contributed by atoms with Gasteiger partial charge in [-0.1, -0.05) is 91.0 Å². The first kappa shape index (κ1) is 37.5. The van der Waals surface area contributed by atoms with Crippen LogP contribution in [0.4, 0.5) is 13.2 Å². The zero-order valence-electron chi connectivity index (χ0n) is 27.8. The van der Waals surface area contributed by atoms with Crippen molar-refractivity contribution >= 4 is 23.9 Å². The van der Waals surface area contributed by atoms with Gasteiger partial charge in [-0.2, -0.15) is 13.2 Å². The third-order valence-corrected chi connectivity index (χ3v) is 10.0. The number of carbonyl (C=O) groups excluding carboxylic acids is 3. The van der Waals surface area contributed by atoms with Crippen LogP contribution < -0.4 is 5.11 Å². The second-order valence-electron chi connectivity index (χ2n) is 13.1. The van der Waals surface area contributed by atoms with Crippen molar-refractivity contribution in [2.75, 3.05) is 13.1 Å². The molecule has 272 valence electrons. The predicted molar refractivity (Wildman–Crippen MR) is 173 cm³/mol. The van der Waals surface area contributed by atoms with E-state index in [0.717, 1.165) is 12.8 Å². The van der Waals surface area contributed by atoms with Gasteiger partial charge in [0.2, 0.25) is 11.9 Å². The highest BCUT2D eigenvalue weighted by Crippen LogP contribution is 2.47. The van der Waals surface area contributed by atoms with Crippen molar-refractivity contribution in [1.82, 2.24) is 0 Å². The normalized spacial score (nSPS) is 21.2. The number of esters is 2. The molecular formula is C38H40F3NO9. The highest BCUT2D eigenvalue weighted by atomic mass is 19.4. The number of halogens is 3. The third-order valence-electron chi connectivity index (χ3n) is 10.0. The molecule has 0 saturated carbocycles. The lowest BCUT2D eigenvalue weighted by Crippen LogP contribution is -2.60. The van der Waals surface area contributed by atoms with Crippen molar-refractivity contribution in [3.8, 4) is 0 Å². The lowest BCUT2D eigenvalue weighted by Gasteiger charge is -2.47. The minimum Gasteiger partial charge on any atom is -0.542 e. The fourth-order valence-electron chi connectivity index (χ4n) is 7.79. The third kappa shape index (κ3) is 8.59. The second-order valence-corrected chi connectivity index (χ2v) is 13.1. The van der Waals surface area contributed by atoms with Crippen LogP contribution in [0.3, 0.4) is 0 Å². The van der Waals surface area contributed by atoms with Gasteiger partial charge in [0.15, 0.2) is 0 Å². The van der Waals surface area contributed by atoms with Crippen molar-refractivity contribution < 1.29 is 61.3 Å². The highest BCUT2D eigenvalue weighted by Gasteiger charge is 2.57. The van der Waals surface area contributed by atoms with Crippen LogP contribution in [-0.4, -0.2) is 70.9 Å². The van der Waals surface area contributed by atoms with Crippen LogP contribution in [0, 0.1) is 0 Å². The fraction of sp³-hybridized carbons (Fsp3) is 0.421. The molecule has 10 nitrogen and oxygen atoms in total. The Kier molecular flexibility index (Phi) is 11.8. The van der Waals surface area contributed by atoms with Gasteiger partial charge in [0.25, 0.3) is 0 Å². The Morgan fingerprint density at radius 1 is 0.784 bits per heavy atom. The van der Waals surface area contributed by atoms with Crippen molar-refractivity contribution in [3.05, 3.63) is 108 Å². The van der Waals surface area contributed by atoms with Gasteiger partial charge >= 0.3 is 24.1 Å². The minimum atomic E-state index is -5.19. The largest absolute Gasteiger partial charge is 0.542 e. The maximum Gasteiger partial charge on any atom is 0.430 e. The topological polar surface area (TPSA) is 139 Å². The number of aliphatic carboxylic acids is 2. The van der Waals surface area contributed by atoms with Gasteiger partial charge in [-0.25, -0.2) is 4.79 Å². The SMILES string of the molecule is O=C(O)CCC(=O)OC(OC(C(=O)OC1CC2CCC(C1)[N+]21CCCC1)(c1ccccc1)c1ccccc1)c1ccccc1.O=C([O-])C(F)(F)F. The van der Waals surface area contributed by atoms with Crippen molar-refractivity contribution in [2.24, 2.45) is 0 Å². The highest BCUT2D eigenvalue weighted by molar-refractivity contribution is 5.86. The lowest BCUT2D eigenvalue weighted by molar-refractivity contribution is -0.956.